The molecule has 0 atom stereocenters. The summed E-state index contributed by atoms with van der Waals surface area (Å²) in [6.07, 6.45) is 19.7. The average Bonchev–Trinajstić information content (AvgIpc) is 3.66. The third-order valence-electron chi connectivity index (χ3n) is 6.21. The van der Waals surface area contributed by atoms with Crippen molar-refractivity contribution in [1.29, 1.82) is 0 Å². The van der Waals surface area contributed by atoms with E-state index in [0.717, 1.165) is 62.0 Å². The molecule has 172 valence electrons. The molecule has 2 aromatic rings. The zero-order chi connectivity index (χ0) is 24.2. The minimum atomic E-state index is -0.486. The number of aromatic nitrogens is 1. The van der Waals surface area contributed by atoms with Crippen molar-refractivity contribution in [2.24, 2.45) is 20.7 Å². The molecule has 1 aromatic heterocycles. The number of hydrogen-bond donors (Lipinski definition) is 4. The second-order valence-electron chi connectivity index (χ2n) is 8.73. The summed E-state index contributed by atoms with van der Waals surface area (Å²) in [4.78, 5) is 29.6. The molecule has 0 aliphatic carbocycles. The van der Waals surface area contributed by atoms with Crippen molar-refractivity contribution in [3.05, 3.63) is 112 Å². The van der Waals surface area contributed by atoms with E-state index in [1.165, 1.54) is 0 Å². The van der Waals surface area contributed by atoms with Gasteiger partial charge in [0.2, 0.25) is 0 Å². The summed E-state index contributed by atoms with van der Waals surface area (Å²) in [6.45, 7) is 0. The zero-order valence-electron chi connectivity index (χ0n) is 18.9. The minimum absolute atomic E-state index is 0.431. The SMILES string of the molecule is NC(=O)c1cccc2c1NC(=c1cc3[nH]c1=CC1=NC(=CC4=NC(=CC5=NC(=C3)C=C5)C=C4)C=C1)N2. The lowest BCUT2D eigenvalue weighted by Crippen LogP contribution is -2.29. The van der Waals surface area contributed by atoms with Crippen LogP contribution in [0, 0.1) is 0 Å². The Bertz CT molecular complexity index is 1800. The Morgan fingerprint density at radius 1 is 0.750 bits per heavy atom. The van der Waals surface area contributed by atoms with Crippen LogP contribution in [0.25, 0.3) is 18.0 Å². The van der Waals surface area contributed by atoms with Crippen molar-refractivity contribution >= 4 is 52.4 Å². The summed E-state index contributed by atoms with van der Waals surface area (Å²) in [6, 6.07) is 7.45. The smallest absolute Gasteiger partial charge is 0.250 e. The van der Waals surface area contributed by atoms with Crippen LogP contribution in [0.1, 0.15) is 16.1 Å². The third kappa shape index (κ3) is 3.48. The van der Waals surface area contributed by atoms with Crippen LogP contribution in [0.5, 0.6) is 0 Å². The summed E-state index contributed by atoms with van der Waals surface area (Å²) in [5.41, 5.74) is 13.4. The van der Waals surface area contributed by atoms with Gasteiger partial charge in [-0.25, -0.2) is 15.0 Å². The Morgan fingerprint density at radius 3 is 2.06 bits per heavy atom. The first-order valence-corrected chi connectivity index (χ1v) is 11.4. The van der Waals surface area contributed by atoms with E-state index in [0.29, 0.717) is 11.3 Å². The fraction of sp³-hybridized carbons (Fsp3) is 0. The molecule has 8 heteroatoms. The van der Waals surface area contributed by atoms with Gasteiger partial charge in [0.25, 0.3) is 5.91 Å². The number of hydrogen-bond acceptors (Lipinski definition) is 6. The van der Waals surface area contributed by atoms with Gasteiger partial charge in [0.1, 0.15) is 5.82 Å². The number of nitrogens with two attached hydrogens (primary N) is 1. The lowest BCUT2D eigenvalue weighted by atomic mass is 10.1. The van der Waals surface area contributed by atoms with Gasteiger partial charge in [-0.3, -0.25) is 4.79 Å². The van der Waals surface area contributed by atoms with E-state index < -0.39 is 5.91 Å². The highest BCUT2D eigenvalue weighted by Gasteiger charge is 2.21. The predicted molar refractivity (Wildman–Crippen MR) is 144 cm³/mol. The van der Waals surface area contributed by atoms with Crippen LogP contribution in [-0.2, 0) is 0 Å². The topological polar surface area (TPSA) is 120 Å². The number of anilines is 2. The molecule has 8 nitrogen and oxygen atoms in total. The largest absolute Gasteiger partial charge is 0.366 e. The summed E-state index contributed by atoms with van der Waals surface area (Å²) < 4.78 is 0. The number of allylic oxidation sites excluding steroid dienone is 8. The molecule has 0 fully saturated rings. The molecule has 5 N–H and O–H groups in total. The van der Waals surface area contributed by atoms with Crippen molar-refractivity contribution in [3.8, 4) is 0 Å². The maximum atomic E-state index is 11.9. The van der Waals surface area contributed by atoms with Gasteiger partial charge in [0.05, 0.1) is 56.5 Å². The van der Waals surface area contributed by atoms with Crippen LogP contribution >= 0.6 is 0 Å². The Kier molecular flexibility index (Phi) is 4.28. The standard InChI is InChI=1S/C28H19N7O/c29-27(36)22-2-1-3-24-26(22)35-28(34-24)23-13-21-12-19-7-6-17(31-19)10-15-4-5-16(30-15)11-18-8-9-20(32-18)14-25(23)33-21/h1-14,33-35H,(H2,29,36). The number of nitrogens with zero attached hydrogens (tertiary/aromatic N) is 3. The number of aromatic amines is 1. The summed E-state index contributed by atoms with van der Waals surface area (Å²) in [5, 5.41) is 8.48. The lowest BCUT2D eigenvalue weighted by Gasteiger charge is -2.02. The second-order valence-corrected chi connectivity index (χ2v) is 8.73. The molecule has 5 aliphatic heterocycles. The van der Waals surface area contributed by atoms with E-state index in [1.807, 2.05) is 72.9 Å². The molecule has 5 aliphatic rings. The van der Waals surface area contributed by atoms with Gasteiger partial charge >= 0.3 is 0 Å². The first-order chi connectivity index (χ1) is 17.6. The molecule has 8 bridgehead atoms. The van der Waals surface area contributed by atoms with Crippen LogP contribution < -0.4 is 26.9 Å². The fourth-order valence-corrected chi connectivity index (χ4v) is 4.59. The number of H-pyrrole nitrogens is 1. The van der Waals surface area contributed by atoms with E-state index in [2.05, 4.69) is 20.6 Å². The van der Waals surface area contributed by atoms with Gasteiger partial charge in [0.15, 0.2) is 0 Å². The summed E-state index contributed by atoms with van der Waals surface area (Å²) in [7, 11) is 0. The van der Waals surface area contributed by atoms with Crippen molar-refractivity contribution in [2.45, 2.75) is 0 Å². The van der Waals surface area contributed by atoms with Gasteiger partial charge in [0, 0.05) is 10.9 Å². The molecule has 0 spiro atoms. The van der Waals surface area contributed by atoms with Crippen molar-refractivity contribution < 1.29 is 4.79 Å². The fourth-order valence-electron chi connectivity index (χ4n) is 4.59. The summed E-state index contributed by atoms with van der Waals surface area (Å²) >= 11 is 0. The van der Waals surface area contributed by atoms with Crippen LogP contribution in [-0.4, -0.2) is 28.0 Å². The van der Waals surface area contributed by atoms with Crippen molar-refractivity contribution in [2.75, 3.05) is 10.6 Å². The predicted octanol–water partition coefficient (Wildman–Crippen LogP) is 2.65. The number of aliphatic imine (C=N–C) groups is 3. The number of rotatable bonds is 1. The second kappa shape index (κ2) is 7.64. The number of carbonyl (C=O) groups excluding carboxylic acids is 1. The first-order valence-electron chi connectivity index (χ1n) is 11.4. The van der Waals surface area contributed by atoms with Crippen LogP contribution in [0.2, 0.25) is 0 Å². The van der Waals surface area contributed by atoms with Gasteiger partial charge in [-0.1, -0.05) is 6.07 Å². The summed E-state index contributed by atoms with van der Waals surface area (Å²) in [5.74, 6) is 0.260. The highest BCUT2D eigenvalue weighted by atomic mass is 16.1. The number of para-hydroxylation sites is 1. The van der Waals surface area contributed by atoms with Crippen LogP contribution in [0.4, 0.5) is 11.4 Å². The molecule has 6 heterocycles. The van der Waals surface area contributed by atoms with E-state index in [1.54, 1.807) is 12.1 Å². The molecule has 1 aromatic carbocycles. The van der Waals surface area contributed by atoms with Crippen molar-refractivity contribution in [1.82, 2.24) is 4.98 Å². The van der Waals surface area contributed by atoms with Crippen LogP contribution in [0.15, 0.2) is 105 Å². The van der Waals surface area contributed by atoms with Gasteiger partial charge in [-0.2, -0.15) is 0 Å². The number of benzene rings is 1. The normalized spacial score (nSPS) is 19.9. The number of carbonyl (C=O) groups is 1. The van der Waals surface area contributed by atoms with E-state index >= 15 is 0 Å². The quantitative estimate of drug-likeness (QED) is 0.514. The average molecular weight is 470 g/mol. The molecule has 0 radical (unpaired) electrons. The van der Waals surface area contributed by atoms with Gasteiger partial charge in [-0.05, 0) is 79.0 Å². The molecular formula is C28H19N7O. The first kappa shape index (κ1) is 20.2. The highest BCUT2D eigenvalue weighted by Crippen LogP contribution is 2.33. The number of fused-ring (bicyclic) bond motifs is 6. The van der Waals surface area contributed by atoms with E-state index in [9.17, 15) is 4.79 Å². The van der Waals surface area contributed by atoms with E-state index in [4.69, 9.17) is 15.7 Å². The number of nitrogens with one attached hydrogen (secondary N) is 3. The minimum Gasteiger partial charge on any atom is -0.366 e. The van der Waals surface area contributed by atoms with Crippen molar-refractivity contribution in [3.63, 3.8) is 0 Å². The molecule has 7 rings (SSSR count). The lowest BCUT2D eigenvalue weighted by molar-refractivity contribution is 0.100. The molecule has 0 unspecified atom stereocenters. The monoisotopic (exact) mass is 469 g/mol. The van der Waals surface area contributed by atoms with Gasteiger partial charge in [-0.15, -0.1) is 0 Å². The Hall–Kier alpha value is -5.24. The Balaban J connectivity index is 1.42. The van der Waals surface area contributed by atoms with Gasteiger partial charge < -0.3 is 21.4 Å². The Morgan fingerprint density at radius 2 is 1.39 bits per heavy atom. The zero-order valence-corrected chi connectivity index (χ0v) is 18.9. The maximum absolute atomic E-state index is 11.9. The third-order valence-corrected chi connectivity index (χ3v) is 6.21. The number of primary amides is 1. The molecule has 0 saturated heterocycles. The number of amides is 1. The van der Waals surface area contributed by atoms with Crippen LogP contribution in [0.3, 0.4) is 0 Å². The Labute approximate surface area is 205 Å². The maximum Gasteiger partial charge on any atom is 0.250 e. The van der Waals surface area contributed by atoms with E-state index in [-0.39, 0.29) is 0 Å². The molecule has 0 saturated carbocycles. The highest BCUT2D eigenvalue weighted by molar-refractivity contribution is 6.20. The molecule has 36 heavy (non-hydrogen) atoms. The molecular weight excluding hydrogens is 450 g/mol. The molecule has 1 amide bonds.